The van der Waals surface area contributed by atoms with Crippen LogP contribution in [0.4, 0.5) is 0 Å². The first kappa shape index (κ1) is 17.8. The maximum Gasteiger partial charge on any atom is 0.166 e. The molecule has 0 radical (unpaired) electrons. The van der Waals surface area contributed by atoms with Crippen LogP contribution in [0.2, 0.25) is 0 Å². The zero-order chi connectivity index (χ0) is 22.7. The fourth-order valence-corrected chi connectivity index (χ4v) is 6.45. The first-order valence-electron chi connectivity index (χ1n) is 12.0. The van der Waals surface area contributed by atoms with Crippen molar-refractivity contribution in [1.82, 2.24) is 19.4 Å². The zero-order valence-electron chi connectivity index (χ0n) is 18.8. The van der Waals surface area contributed by atoms with Crippen molar-refractivity contribution < 1.29 is 0 Å². The molecule has 0 N–H and O–H groups in total. The number of hydrogen-bond acceptors (Lipinski definition) is 3. The van der Waals surface area contributed by atoms with Crippen LogP contribution in [0.3, 0.4) is 0 Å². The molecule has 9 rings (SSSR count). The Kier molecular flexibility index (Phi) is 3.11. The maximum atomic E-state index is 5.01. The second-order valence-corrected chi connectivity index (χ2v) is 9.67. The monoisotopic (exact) mass is 446 g/mol. The molecular formula is C31H18N4. The predicted molar refractivity (Wildman–Crippen MR) is 140 cm³/mol. The molecule has 4 heteroatoms. The van der Waals surface area contributed by atoms with Gasteiger partial charge in [0.15, 0.2) is 5.65 Å². The van der Waals surface area contributed by atoms with Gasteiger partial charge in [-0.25, -0.2) is 15.0 Å². The molecule has 4 nitrogen and oxygen atoms in total. The Balaban J connectivity index is 1.38. The second kappa shape index (κ2) is 6.10. The molecule has 0 spiro atoms. The Labute approximate surface area is 200 Å². The molecule has 0 aliphatic heterocycles. The van der Waals surface area contributed by atoms with Gasteiger partial charge < -0.3 is 0 Å². The fourth-order valence-electron chi connectivity index (χ4n) is 6.45. The average molecular weight is 447 g/mol. The zero-order valence-corrected chi connectivity index (χ0v) is 18.8. The fraction of sp³-hybridized carbons (Fsp3) is 0.0645. The second-order valence-electron chi connectivity index (χ2n) is 9.67. The van der Waals surface area contributed by atoms with Crippen molar-refractivity contribution in [2.45, 2.75) is 12.8 Å². The van der Waals surface area contributed by atoms with Gasteiger partial charge in [-0.05, 0) is 99.1 Å². The summed E-state index contributed by atoms with van der Waals surface area (Å²) in [7, 11) is 0. The molecule has 0 amide bonds. The molecule has 0 fully saturated rings. The minimum Gasteiger partial charge on any atom is -0.260 e. The van der Waals surface area contributed by atoms with Crippen LogP contribution in [-0.4, -0.2) is 19.4 Å². The summed E-state index contributed by atoms with van der Waals surface area (Å²) in [6.45, 7) is 0. The van der Waals surface area contributed by atoms with Crippen molar-refractivity contribution in [1.29, 1.82) is 0 Å². The lowest BCUT2D eigenvalue weighted by atomic mass is 9.96. The van der Waals surface area contributed by atoms with Gasteiger partial charge in [0.05, 0.1) is 0 Å². The van der Waals surface area contributed by atoms with E-state index in [0.29, 0.717) is 0 Å². The first-order valence-corrected chi connectivity index (χ1v) is 12.0. The van der Waals surface area contributed by atoms with E-state index in [2.05, 4.69) is 64.0 Å². The number of imidazole rings is 1. The summed E-state index contributed by atoms with van der Waals surface area (Å²) in [4.78, 5) is 14.4. The van der Waals surface area contributed by atoms with E-state index in [1.165, 1.54) is 49.9 Å². The quantitative estimate of drug-likeness (QED) is 0.243. The van der Waals surface area contributed by atoms with E-state index in [1.54, 1.807) is 0 Å². The summed E-state index contributed by atoms with van der Waals surface area (Å²) in [6, 6.07) is 26.4. The summed E-state index contributed by atoms with van der Waals surface area (Å²) >= 11 is 0. The van der Waals surface area contributed by atoms with E-state index in [-0.39, 0.29) is 0 Å². The molecule has 0 saturated carbocycles. The SMILES string of the molecule is c1ccc2c(c1)Cc1c-2ccc2c1Cc1cc3c(cc1-2)c1cccnc1n1c2ncccc2nc31. The van der Waals surface area contributed by atoms with Gasteiger partial charge in [-0.3, -0.25) is 4.40 Å². The number of benzene rings is 3. The summed E-state index contributed by atoms with van der Waals surface area (Å²) < 4.78 is 2.12. The lowest BCUT2D eigenvalue weighted by Crippen LogP contribution is -1.95. The Hall–Kier alpha value is -4.57. The van der Waals surface area contributed by atoms with Crippen LogP contribution in [0.1, 0.15) is 22.3 Å². The van der Waals surface area contributed by atoms with Gasteiger partial charge in [-0.2, -0.15) is 0 Å². The Bertz CT molecular complexity index is 2070. The molecule has 4 heterocycles. The molecule has 0 atom stereocenters. The minimum atomic E-state index is 0.854. The molecule has 2 aliphatic rings. The highest BCUT2D eigenvalue weighted by atomic mass is 15.1. The molecule has 0 unspecified atom stereocenters. The Morgan fingerprint density at radius 1 is 0.543 bits per heavy atom. The number of hydrogen-bond donors (Lipinski definition) is 0. The van der Waals surface area contributed by atoms with Crippen LogP contribution in [0.5, 0.6) is 0 Å². The number of aromatic nitrogens is 4. The van der Waals surface area contributed by atoms with Crippen LogP contribution in [0.15, 0.2) is 85.2 Å². The number of nitrogens with zero attached hydrogens (tertiary/aromatic N) is 4. The van der Waals surface area contributed by atoms with Crippen LogP contribution in [0, 0.1) is 0 Å². The van der Waals surface area contributed by atoms with Crippen molar-refractivity contribution in [2.24, 2.45) is 0 Å². The largest absolute Gasteiger partial charge is 0.260 e. The number of rotatable bonds is 0. The maximum absolute atomic E-state index is 5.01. The number of fused-ring (bicyclic) bond motifs is 15. The van der Waals surface area contributed by atoms with E-state index in [4.69, 9.17) is 9.97 Å². The van der Waals surface area contributed by atoms with Gasteiger partial charge in [0.1, 0.15) is 16.8 Å². The smallest absolute Gasteiger partial charge is 0.166 e. The molecule has 35 heavy (non-hydrogen) atoms. The standard InChI is InChI=1S/C31H18N4/c1-2-6-19-17(5-1)13-24-20(19)9-10-21-23-16-26-22-7-3-11-32-29(22)35-30(27(26)15-18(23)14-25(21)24)34-28-8-4-12-33-31(28)35/h1-12,15-16H,13-14H2. The molecule has 0 saturated heterocycles. The summed E-state index contributed by atoms with van der Waals surface area (Å²) in [5.41, 5.74) is 14.9. The highest BCUT2D eigenvalue weighted by Crippen LogP contribution is 2.48. The van der Waals surface area contributed by atoms with Crippen molar-refractivity contribution in [3.05, 3.63) is 107 Å². The van der Waals surface area contributed by atoms with Gasteiger partial charge >= 0.3 is 0 Å². The summed E-state index contributed by atoms with van der Waals surface area (Å²) in [5, 5.41) is 3.49. The van der Waals surface area contributed by atoms with Crippen molar-refractivity contribution >= 4 is 38.6 Å². The summed E-state index contributed by atoms with van der Waals surface area (Å²) in [6.07, 6.45) is 5.67. The number of pyridine rings is 3. The normalized spacial score (nSPS) is 13.5. The van der Waals surface area contributed by atoms with Crippen LogP contribution >= 0.6 is 0 Å². The van der Waals surface area contributed by atoms with Gasteiger partial charge in [0.2, 0.25) is 0 Å². The third kappa shape index (κ3) is 2.15. The van der Waals surface area contributed by atoms with Crippen LogP contribution in [0.25, 0.3) is 60.9 Å². The molecule has 2 aliphatic carbocycles. The van der Waals surface area contributed by atoms with E-state index in [1.807, 2.05) is 30.6 Å². The van der Waals surface area contributed by atoms with Crippen LogP contribution in [-0.2, 0) is 12.8 Å². The van der Waals surface area contributed by atoms with Crippen LogP contribution < -0.4 is 0 Å². The van der Waals surface area contributed by atoms with Gasteiger partial charge in [-0.15, -0.1) is 0 Å². The highest BCUT2D eigenvalue weighted by molar-refractivity contribution is 6.14. The van der Waals surface area contributed by atoms with Crippen molar-refractivity contribution in [2.75, 3.05) is 0 Å². The Morgan fingerprint density at radius 2 is 1.31 bits per heavy atom. The molecule has 7 aromatic rings. The first-order chi connectivity index (χ1) is 17.3. The lowest BCUT2D eigenvalue weighted by Gasteiger charge is -2.10. The third-order valence-corrected chi connectivity index (χ3v) is 7.95. The minimum absolute atomic E-state index is 0.854. The van der Waals surface area contributed by atoms with Crippen molar-refractivity contribution in [3.8, 4) is 22.3 Å². The van der Waals surface area contributed by atoms with E-state index in [9.17, 15) is 0 Å². The van der Waals surface area contributed by atoms with Crippen molar-refractivity contribution in [3.63, 3.8) is 0 Å². The molecule has 162 valence electrons. The van der Waals surface area contributed by atoms with Gasteiger partial charge in [0.25, 0.3) is 0 Å². The van der Waals surface area contributed by atoms with Gasteiger partial charge in [0, 0.05) is 23.2 Å². The summed E-state index contributed by atoms with van der Waals surface area (Å²) in [5.74, 6) is 0. The molecular weight excluding hydrogens is 428 g/mol. The van der Waals surface area contributed by atoms with E-state index < -0.39 is 0 Å². The average Bonchev–Trinajstić information content (AvgIpc) is 3.59. The highest BCUT2D eigenvalue weighted by Gasteiger charge is 2.28. The topological polar surface area (TPSA) is 43.1 Å². The van der Waals surface area contributed by atoms with E-state index in [0.717, 1.165) is 46.1 Å². The molecule has 3 aromatic carbocycles. The van der Waals surface area contributed by atoms with E-state index >= 15 is 0 Å². The van der Waals surface area contributed by atoms with Gasteiger partial charge in [-0.1, -0.05) is 36.4 Å². The molecule has 4 aromatic heterocycles. The Morgan fingerprint density at radius 3 is 2.23 bits per heavy atom. The third-order valence-electron chi connectivity index (χ3n) is 7.95. The predicted octanol–water partition coefficient (Wildman–Crippen LogP) is 6.73. The lowest BCUT2D eigenvalue weighted by molar-refractivity contribution is 1.16. The molecule has 0 bridgehead atoms.